The molecule has 0 aromatic carbocycles. The van der Waals surface area contributed by atoms with Crippen molar-refractivity contribution in [2.24, 2.45) is 5.14 Å². The van der Waals surface area contributed by atoms with Gasteiger partial charge >= 0.3 is 0 Å². The Balaban J connectivity index is 2.61. The van der Waals surface area contributed by atoms with Crippen LogP contribution in [0.4, 0.5) is 0 Å². The standard InChI is InChI=1S/C8H13N3O5S2/c9-17(13,14)5-1-4-11-18(15,16)7-2-3-8(12)10-6-7/h2-3,6,11H,1,4-5H2,(H,10,12)(H2,9,13,14). The third-order valence-electron chi connectivity index (χ3n) is 1.96. The van der Waals surface area contributed by atoms with Crippen LogP contribution in [0.3, 0.4) is 0 Å². The normalized spacial score (nSPS) is 12.5. The minimum Gasteiger partial charge on any atom is -0.328 e. The van der Waals surface area contributed by atoms with Crippen LogP contribution < -0.4 is 15.4 Å². The van der Waals surface area contributed by atoms with Crippen LogP contribution in [0.25, 0.3) is 0 Å². The quantitative estimate of drug-likeness (QED) is 0.538. The molecule has 0 saturated carbocycles. The molecule has 0 aliphatic carbocycles. The van der Waals surface area contributed by atoms with E-state index in [-0.39, 0.29) is 23.6 Å². The molecule has 0 aliphatic heterocycles. The average Bonchev–Trinajstić information content (AvgIpc) is 2.24. The minimum atomic E-state index is -3.75. The molecule has 1 heterocycles. The van der Waals surface area contributed by atoms with Crippen LogP contribution in [0.2, 0.25) is 0 Å². The van der Waals surface area contributed by atoms with Crippen LogP contribution in [0.1, 0.15) is 6.42 Å². The van der Waals surface area contributed by atoms with Gasteiger partial charge in [0.2, 0.25) is 25.6 Å². The first kappa shape index (κ1) is 14.8. The summed E-state index contributed by atoms with van der Waals surface area (Å²) in [5.41, 5.74) is -0.414. The lowest BCUT2D eigenvalue weighted by molar-refractivity contribution is 0.576. The van der Waals surface area contributed by atoms with Crippen molar-refractivity contribution in [3.8, 4) is 0 Å². The summed E-state index contributed by atoms with van der Waals surface area (Å²) in [6, 6.07) is 2.24. The second-order valence-electron chi connectivity index (χ2n) is 3.51. The zero-order valence-electron chi connectivity index (χ0n) is 9.29. The van der Waals surface area contributed by atoms with Gasteiger partial charge in [-0.05, 0) is 12.5 Å². The molecule has 1 rings (SSSR count). The number of nitrogens with two attached hydrogens (primary N) is 1. The fourth-order valence-electron chi connectivity index (χ4n) is 1.13. The predicted octanol–water partition coefficient (Wildman–Crippen LogP) is -1.67. The molecule has 1 aromatic heterocycles. The van der Waals surface area contributed by atoms with Crippen molar-refractivity contribution >= 4 is 20.0 Å². The summed E-state index contributed by atoms with van der Waals surface area (Å²) in [4.78, 5) is 12.9. The highest BCUT2D eigenvalue weighted by atomic mass is 32.2. The lowest BCUT2D eigenvalue weighted by Gasteiger charge is -2.05. The summed E-state index contributed by atoms with van der Waals surface area (Å²) in [7, 11) is -7.34. The zero-order valence-corrected chi connectivity index (χ0v) is 10.9. The first-order valence-electron chi connectivity index (χ1n) is 4.90. The number of sulfonamides is 2. The molecule has 1 aromatic rings. The summed E-state index contributed by atoms with van der Waals surface area (Å²) in [6.07, 6.45) is 1.13. The van der Waals surface area contributed by atoms with Gasteiger partial charge in [0, 0.05) is 18.8 Å². The van der Waals surface area contributed by atoms with E-state index >= 15 is 0 Å². The molecule has 4 N–H and O–H groups in total. The number of rotatable bonds is 6. The highest BCUT2D eigenvalue weighted by molar-refractivity contribution is 7.89. The summed E-state index contributed by atoms with van der Waals surface area (Å²) >= 11 is 0. The Labute approximate surface area is 104 Å². The monoisotopic (exact) mass is 295 g/mol. The zero-order chi connectivity index (χ0) is 13.8. The van der Waals surface area contributed by atoms with Gasteiger partial charge in [-0.25, -0.2) is 26.7 Å². The maximum atomic E-state index is 11.7. The Morgan fingerprint density at radius 3 is 2.39 bits per heavy atom. The Hall–Kier alpha value is -1.23. The number of nitrogens with one attached hydrogen (secondary N) is 2. The van der Waals surface area contributed by atoms with Gasteiger partial charge in [0.05, 0.1) is 10.6 Å². The van der Waals surface area contributed by atoms with Gasteiger partial charge in [0.25, 0.3) is 0 Å². The van der Waals surface area contributed by atoms with Gasteiger partial charge in [-0.3, -0.25) is 4.79 Å². The van der Waals surface area contributed by atoms with E-state index < -0.39 is 25.6 Å². The van der Waals surface area contributed by atoms with Crippen molar-refractivity contribution in [2.75, 3.05) is 12.3 Å². The second kappa shape index (κ2) is 5.61. The largest absolute Gasteiger partial charge is 0.328 e. The third-order valence-corrected chi connectivity index (χ3v) is 4.28. The van der Waals surface area contributed by atoms with E-state index in [1.54, 1.807) is 0 Å². The predicted molar refractivity (Wildman–Crippen MR) is 64.8 cm³/mol. The molecule has 0 bridgehead atoms. The molecular weight excluding hydrogens is 282 g/mol. The Morgan fingerprint density at radius 2 is 1.89 bits per heavy atom. The Morgan fingerprint density at radius 1 is 1.22 bits per heavy atom. The van der Waals surface area contributed by atoms with E-state index in [2.05, 4.69) is 9.71 Å². The van der Waals surface area contributed by atoms with Gasteiger partial charge in [-0.15, -0.1) is 0 Å². The van der Waals surface area contributed by atoms with E-state index in [1.165, 1.54) is 0 Å². The Bertz CT molecular complexity index is 642. The van der Waals surface area contributed by atoms with Gasteiger partial charge < -0.3 is 4.98 Å². The van der Waals surface area contributed by atoms with E-state index in [0.717, 1.165) is 18.3 Å². The summed E-state index contributed by atoms with van der Waals surface area (Å²) < 4.78 is 46.8. The highest BCUT2D eigenvalue weighted by Crippen LogP contribution is 2.03. The molecule has 0 fully saturated rings. The van der Waals surface area contributed by atoms with Crippen molar-refractivity contribution in [3.63, 3.8) is 0 Å². The molecule has 18 heavy (non-hydrogen) atoms. The number of aromatic nitrogens is 1. The maximum Gasteiger partial charge on any atom is 0.247 e. The fourth-order valence-corrected chi connectivity index (χ4v) is 2.71. The molecular formula is C8H13N3O5S2. The molecule has 0 amide bonds. The van der Waals surface area contributed by atoms with Crippen molar-refractivity contribution in [2.45, 2.75) is 11.3 Å². The van der Waals surface area contributed by atoms with Gasteiger partial charge in [-0.2, -0.15) is 0 Å². The van der Waals surface area contributed by atoms with Gasteiger partial charge in [0.1, 0.15) is 0 Å². The molecule has 0 atom stereocenters. The summed E-state index contributed by atoms with van der Waals surface area (Å²) in [5, 5.41) is 4.77. The van der Waals surface area contributed by atoms with Crippen LogP contribution in [0, 0.1) is 0 Å². The SMILES string of the molecule is NS(=O)(=O)CCCNS(=O)(=O)c1ccc(=O)[nH]c1. The number of primary sulfonamides is 1. The number of pyridine rings is 1. The minimum absolute atomic E-state index is 0.0576. The smallest absolute Gasteiger partial charge is 0.247 e. The fraction of sp³-hybridized carbons (Fsp3) is 0.375. The Kier molecular flexibility index (Phi) is 4.62. The molecule has 0 aliphatic rings. The molecule has 0 saturated heterocycles. The van der Waals surface area contributed by atoms with E-state index in [0.29, 0.717) is 0 Å². The third kappa shape index (κ3) is 4.96. The lowest BCUT2D eigenvalue weighted by Crippen LogP contribution is -2.28. The van der Waals surface area contributed by atoms with Crippen molar-refractivity contribution in [3.05, 3.63) is 28.7 Å². The number of aromatic amines is 1. The first-order chi connectivity index (χ1) is 8.21. The van der Waals surface area contributed by atoms with Crippen LogP contribution in [0.5, 0.6) is 0 Å². The van der Waals surface area contributed by atoms with E-state index in [1.807, 2.05) is 0 Å². The number of hydrogen-bond acceptors (Lipinski definition) is 5. The van der Waals surface area contributed by atoms with Gasteiger partial charge in [0.15, 0.2) is 0 Å². The van der Waals surface area contributed by atoms with Gasteiger partial charge in [-0.1, -0.05) is 0 Å². The summed E-state index contributed by atoms with van der Waals surface area (Å²) in [6.45, 7) is -0.0576. The van der Waals surface area contributed by atoms with Crippen molar-refractivity contribution in [1.82, 2.24) is 9.71 Å². The molecule has 0 spiro atoms. The molecule has 0 unspecified atom stereocenters. The lowest BCUT2D eigenvalue weighted by atomic mass is 10.5. The van der Waals surface area contributed by atoms with Crippen LogP contribution in [-0.4, -0.2) is 34.1 Å². The molecule has 10 heteroatoms. The maximum absolute atomic E-state index is 11.7. The number of H-pyrrole nitrogens is 1. The molecule has 102 valence electrons. The van der Waals surface area contributed by atoms with Crippen molar-refractivity contribution < 1.29 is 16.8 Å². The van der Waals surface area contributed by atoms with E-state index in [9.17, 15) is 21.6 Å². The topological polar surface area (TPSA) is 139 Å². The van der Waals surface area contributed by atoms with E-state index in [4.69, 9.17) is 5.14 Å². The van der Waals surface area contributed by atoms with Crippen LogP contribution in [0.15, 0.2) is 28.0 Å². The summed E-state index contributed by atoms with van der Waals surface area (Å²) in [5.74, 6) is -0.304. The number of hydrogen-bond donors (Lipinski definition) is 3. The van der Waals surface area contributed by atoms with Crippen LogP contribution >= 0.6 is 0 Å². The highest BCUT2D eigenvalue weighted by Gasteiger charge is 2.13. The van der Waals surface area contributed by atoms with Crippen LogP contribution in [-0.2, 0) is 20.0 Å². The van der Waals surface area contributed by atoms with Crippen molar-refractivity contribution in [1.29, 1.82) is 0 Å². The second-order valence-corrected chi connectivity index (χ2v) is 7.01. The molecule has 8 nitrogen and oxygen atoms in total. The average molecular weight is 295 g/mol. The molecule has 0 radical (unpaired) electrons. The first-order valence-corrected chi connectivity index (χ1v) is 8.09.